The highest BCUT2D eigenvalue weighted by Crippen LogP contribution is 2.13. The lowest BCUT2D eigenvalue weighted by atomic mass is 10.2. The molecule has 0 atom stereocenters. The van der Waals surface area contributed by atoms with E-state index in [2.05, 4.69) is 46.3 Å². The molecule has 1 aromatic heterocycles. The lowest BCUT2D eigenvalue weighted by molar-refractivity contribution is 0.378. The number of nitrogens with one attached hydrogen (secondary N) is 1. The largest absolute Gasteiger partial charge is 0.497 e. The smallest absolute Gasteiger partial charge is 0.194 e. The fourth-order valence-electron chi connectivity index (χ4n) is 2.30. The summed E-state index contributed by atoms with van der Waals surface area (Å²) in [4.78, 5) is 6.72. The van der Waals surface area contributed by atoms with Gasteiger partial charge in [-0.05, 0) is 31.0 Å². The molecule has 138 valence electrons. The van der Waals surface area contributed by atoms with Crippen LogP contribution in [-0.2, 0) is 19.5 Å². The summed E-state index contributed by atoms with van der Waals surface area (Å²) in [7, 11) is 3.69. The molecule has 0 bridgehead atoms. The number of aromatic nitrogens is 1. The Hall–Kier alpha value is -1.77. The first-order valence-corrected chi connectivity index (χ1v) is 8.23. The van der Waals surface area contributed by atoms with Crippen molar-refractivity contribution in [2.75, 3.05) is 20.7 Å². The number of benzene rings is 1. The van der Waals surface area contributed by atoms with Crippen molar-refractivity contribution < 1.29 is 9.26 Å². The van der Waals surface area contributed by atoms with Gasteiger partial charge >= 0.3 is 0 Å². The van der Waals surface area contributed by atoms with Gasteiger partial charge in [0.2, 0.25) is 0 Å². The van der Waals surface area contributed by atoms with Crippen molar-refractivity contribution in [3.05, 3.63) is 47.3 Å². The molecule has 1 N–H and O–H groups in total. The summed E-state index contributed by atoms with van der Waals surface area (Å²) in [6.45, 7) is 6.15. The molecular weight excluding hydrogens is 431 g/mol. The molecule has 0 aliphatic carbocycles. The van der Waals surface area contributed by atoms with Crippen LogP contribution in [0.1, 0.15) is 30.9 Å². The lowest BCUT2D eigenvalue weighted by Gasteiger charge is -2.22. The van der Waals surface area contributed by atoms with E-state index < -0.39 is 0 Å². The molecule has 2 aromatic rings. The SMILES string of the molecule is CCNC(=NCc1cc(CC)no1)N(C)Cc1ccc(OC)cc1.I. The van der Waals surface area contributed by atoms with Gasteiger partial charge in [-0.3, -0.25) is 0 Å². The van der Waals surface area contributed by atoms with E-state index in [9.17, 15) is 0 Å². The standard InChI is InChI=1S/C18H26N4O2.HI/c1-5-15-11-17(24-21-15)12-20-18(19-6-2)22(3)13-14-7-9-16(23-4)10-8-14;/h7-11H,5-6,12-13H2,1-4H3,(H,19,20);1H. The maximum atomic E-state index is 5.29. The van der Waals surface area contributed by atoms with E-state index in [4.69, 9.17) is 9.26 Å². The second-order valence-corrected chi connectivity index (χ2v) is 5.51. The van der Waals surface area contributed by atoms with E-state index in [0.717, 1.165) is 42.7 Å². The van der Waals surface area contributed by atoms with Crippen LogP contribution in [0.3, 0.4) is 0 Å². The number of methoxy groups -OCH3 is 1. The minimum atomic E-state index is 0. The van der Waals surface area contributed by atoms with Gasteiger partial charge in [-0.1, -0.05) is 24.2 Å². The number of rotatable bonds is 7. The molecule has 0 fully saturated rings. The quantitative estimate of drug-likeness (QED) is 0.391. The zero-order valence-corrected chi connectivity index (χ0v) is 17.6. The minimum absolute atomic E-state index is 0. The van der Waals surface area contributed by atoms with E-state index in [1.54, 1.807) is 7.11 Å². The Morgan fingerprint density at radius 1 is 1.28 bits per heavy atom. The van der Waals surface area contributed by atoms with Gasteiger partial charge < -0.3 is 19.5 Å². The maximum absolute atomic E-state index is 5.29. The third kappa shape index (κ3) is 6.56. The van der Waals surface area contributed by atoms with Crippen molar-refractivity contribution in [3.63, 3.8) is 0 Å². The molecule has 0 aliphatic rings. The van der Waals surface area contributed by atoms with Crippen LogP contribution in [-0.4, -0.2) is 36.7 Å². The van der Waals surface area contributed by atoms with Gasteiger partial charge in [-0.15, -0.1) is 24.0 Å². The number of aliphatic imine (C=N–C) groups is 1. The van der Waals surface area contributed by atoms with Crippen LogP contribution in [0.4, 0.5) is 0 Å². The molecule has 0 aliphatic heterocycles. The molecule has 0 saturated carbocycles. The summed E-state index contributed by atoms with van der Waals surface area (Å²) in [6, 6.07) is 10.0. The topological polar surface area (TPSA) is 62.9 Å². The first kappa shape index (κ1) is 21.3. The Balaban J connectivity index is 0.00000312. The predicted octanol–water partition coefficient (Wildman–Crippen LogP) is 3.46. The summed E-state index contributed by atoms with van der Waals surface area (Å²) >= 11 is 0. The van der Waals surface area contributed by atoms with Gasteiger partial charge in [-0.25, -0.2) is 4.99 Å². The molecule has 25 heavy (non-hydrogen) atoms. The number of aryl methyl sites for hydroxylation is 1. The molecule has 0 spiro atoms. The predicted molar refractivity (Wildman–Crippen MR) is 111 cm³/mol. The summed E-state index contributed by atoms with van der Waals surface area (Å²) in [5.41, 5.74) is 2.15. The van der Waals surface area contributed by atoms with Gasteiger partial charge in [-0.2, -0.15) is 0 Å². The first-order valence-electron chi connectivity index (χ1n) is 8.23. The van der Waals surface area contributed by atoms with Crippen molar-refractivity contribution in [1.29, 1.82) is 0 Å². The van der Waals surface area contributed by atoms with Crippen LogP contribution in [0.25, 0.3) is 0 Å². The fraction of sp³-hybridized carbons (Fsp3) is 0.444. The Labute approximate surface area is 166 Å². The van der Waals surface area contributed by atoms with Crippen LogP contribution < -0.4 is 10.1 Å². The summed E-state index contributed by atoms with van der Waals surface area (Å²) < 4.78 is 10.5. The number of halogens is 1. The highest BCUT2D eigenvalue weighted by Gasteiger charge is 2.08. The third-order valence-electron chi connectivity index (χ3n) is 3.63. The van der Waals surface area contributed by atoms with Gasteiger partial charge in [0.1, 0.15) is 12.3 Å². The lowest BCUT2D eigenvalue weighted by Crippen LogP contribution is -2.38. The van der Waals surface area contributed by atoms with Crippen LogP contribution in [0.15, 0.2) is 39.8 Å². The molecule has 0 radical (unpaired) electrons. The summed E-state index contributed by atoms with van der Waals surface area (Å²) in [5.74, 6) is 2.47. The average Bonchev–Trinajstić information content (AvgIpc) is 3.07. The Morgan fingerprint density at radius 2 is 2.00 bits per heavy atom. The molecule has 1 heterocycles. The van der Waals surface area contributed by atoms with Crippen LogP contribution >= 0.6 is 24.0 Å². The van der Waals surface area contributed by atoms with E-state index in [0.29, 0.717) is 6.54 Å². The van der Waals surface area contributed by atoms with Crippen LogP contribution in [0, 0.1) is 0 Å². The highest BCUT2D eigenvalue weighted by atomic mass is 127. The van der Waals surface area contributed by atoms with Crippen molar-refractivity contribution in [2.24, 2.45) is 4.99 Å². The highest BCUT2D eigenvalue weighted by molar-refractivity contribution is 14.0. The van der Waals surface area contributed by atoms with Gasteiger partial charge in [0.15, 0.2) is 11.7 Å². The Morgan fingerprint density at radius 3 is 2.56 bits per heavy atom. The first-order chi connectivity index (χ1) is 11.7. The van der Waals surface area contributed by atoms with Gasteiger partial charge in [0, 0.05) is 26.2 Å². The van der Waals surface area contributed by atoms with Crippen molar-refractivity contribution in [2.45, 2.75) is 33.4 Å². The van der Waals surface area contributed by atoms with E-state index in [1.165, 1.54) is 5.56 Å². The number of hydrogen-bond donors (Lipinski definition) is 1. The second-order valence-electron chi connectivity index (χ2n) is 5.51. The third-order valence-corrected chi connectivity index (χ3v) is 3.63. The van der Waals surface area contributed by atoms with E-state index in [-0.39, 0.29) is 24.0 Å². The minimum Gasteiger partial charge on any atom is -0.497 e. The van der Waals surface area contributed by atoms with Crippen molar-refractivity contribution >= 4 is 29.9 Å². The van der Waals surface area contributed by atoms with E-state index >= 15 is 0 Å². The number of guanidine groups is 1. The summed E-state index contributed by atoms with van der Waals surface area (Å²) in [6.07, 6.45) is 0.866. The Kier molecular flexibility index (Phi) is 9.33. The number of nitrogens with zero attached hydrogens (tertiary/aromatic N) is 3. The monoisotopic (exact) mass is 458 g/mol. The number of hydrogen-bond acceptors (Lipinski definition) is 4. The number of ether oxygens (including phenoxy) is 1. The van der Waals surface area contributed by atoms with Crippen LogP contribution in [0.2, 0.25) is 0 Å². The maximum Gasteiger partial charge on any atom is 0.194 e. The normalized spacial score (nSPS) is 11.0. The van der Waals surface area contributed by atoms with Crippen molar-refractivity contribution in [3.8, 4) is 5.75 Å². The fourth-order valence-corrected chi connectivity index (χ4v) is 2.30. The molecule has 0 amide bonds. The molecular formula is C18H27IN4O2. The van der Waals surface area contributed by atoms with Gasteiger partial charge in [0.05, 0.1) is 12.8 Å². The molecule has 2 rings (SSSR count). The average molecular weight is 458 g/mol. The van der Waals surface area contributed by atoms with Crippen molar-refractivity contribution in [1.82, 2.24) is 15.4 Å². The van der Waals surface area contributed by atoms with Crippen LogP contribution in [0.5, 0.6) is 5.75 Å². The summed E-state index contributed by atoms with van der Waals surface area (Å²) in [5, 5.41) is 7.30. The zero-order chi connectivity index (χ0) is 17.4. The Bertz CT molecular complexity index is 655. The molecule has 1 aromatic carbocycles. The van der Waals surface area contributed by atoms with Gasteiger partial charge in [0.25, 0.3) is 0 Å². The molecule has 0 unspecified atom stereocenters. The zero-order valence-electron chi connectivity index (χ0n) is 15.3. The second kappa shape index (κ2) is 11.0. The molecule has 0 saturated heterocycles. The van der Waals surface area contributed by atoms with E-state index in [1.807, 2.05) is 25.2 Å². The molecule has 7 heteroatoms. The molecule has 6 nitrogen and oxygen atoms in total.